The van der Waals surface area contributed by atoms with Crippen molar-refractivity contribution in [2.24, 2.45) is 0 Å². The molecule has 0 spiro atoms. The molecule has 0 N–H and O–H groups in total. The third-order valence-corrected chi connectivity index (χ3v) is 8.50. The summed E-state index contributed by atoms with van der Waals surface area (Å²) in [4.78, 5) is 4.14. The van der Waals surface area contributed by atoms with Crippen LogP contribution in [0.3, 0.4) is 0 Å². The van der Waals surface area contributed by atoms with Crippen molar-refractivity contribution < 1.29 is 13.3 Å². The molecule has 0 aliphatic carbocycles. The van der Waals surface area contributed by atoms with E-state index in [1.54, 1.807) is 11.3 Å². The van der Waals surface area contributed by atoms with Crippen molar-refractivity contribution in [3.05, 3.63) is 29.8 Å². The molecule has 202 valence electrons. The minimum absolute atomic E-state index is 0. The van der Waals surface area contributed by atoms with Crippen molar-refractivity contribution in [3.8, 4) is 0 Å². The van der Waals surface area contributed by atoms with Gasteiger partial charge in [-0.1, -0.05) is 39.8 Å². The molecule has 1 aromatic carbocycles. The lowest BCUT2D eigenvalue weighted by Crippen LogP contribution is -2.51. The molecular formula is C21H49NO3S7Si. The highest BCUT2D eigenvalue weighted by molar-refractivity contribution is 7.60. The number of hydrogen-bond donors (Lipinski definition) is 0. The van der Waals surface area contributed by atoms with Crippen molar-refractivity contribution in [2.45, 2.75) is 92.1 Å². The average molecular weight is 616 g/mol. The van der Waals surface area contributed by atoms with Gasteiger partial charge < -0.3 is 13.3 Å². The van der Waals surface area contributed by atoms with Gasteiger partial charge in [0.2, 0.25) is 0 Å². The van der Waals surface area contributed by atoms with Crippen LogP contribution in [-0.2, 0) is 13.3 Å². The molecule has 0 fully saturated rings. The Morgan fingerprint density at radius 3 is 1.45 bits per heavy atom. The first-order chi connectivity index (χ1) is 12.9. The topological polar surface area (TPSA) is 40.6 Å². The van der Waals surface area contributed by atoms with Crippen LogP contribution in [0.5, 0.6) is 0 Å². The predicted octanol–water partition coefficient (Wildman–Crippen LogP) is 7.36. The SMILES string of the molecule is CCC(C)O[Si](CC)(OC(C)CC)OC(C)CC.S.S.S.S.S.S.c1ccc2scnc2c1. The van der Waals surface area contributed by atoms with Crippen LogP contribution >= 0.6 is 92.3 Å². The van der Waals surface area contributed by atoms with E-state index >= 15 is 0 Å². The van der Waals surface area contributed by atoms with Gasteiger partial charge in [0.15, 0.2) is 0 Å². The second-order valence-corrected chi connectivity index (χ2v) is 10.5. The van der Waals surface area contributed by atoms with E-state index in [0.29, 0.717) is 0 Å². The van der Waals surface area contributed by atoms with Crippen LogP contribution in [0.1, 0.15) is 67.7 Å². The second-order valence-electron chi connectivity index (χ2n) is 6.87. The predicted molar refractivity (Wildman–Crippen MR) is 181 cm³/mol. The highest BCUT2D eigenvalue weighted by Gasteiger charge is 2.43. The van der Waals surface area contributed by atoms with Crippen molar-refractivity contribution in [2.75, 3.05) is 0 Å². The first-order valence-electron chi connectivity index (χ1n) is 10.2. The Morgan fingerprint density at radius 1 is 0.727 bits per heavy atom. The molecule has 0 aliphatic rings. The number of fused-ring (bicyclic) bond motifs is 1. The van der Waals surface area contributed by atoms with Gasteiger partial charge in [0.25, 0.3) is 0 Å². The molecule has 0 saturated heterocycles. The van der Waals surface area contributed by atoms with Crippen LogP contribution in [0.2, 0.25) is 6.04 Å². The zero-order valence-electron chi connectivity index (χ0n) is 21.0. The molecule has 0 amide bonds. The van der Waals surface area contributed by atoms with Gasteiger partial charge >= 0.3 is 8.80 Å². The van der Waals surface area contributed by atoms with Crippen LogP contribution in [0.4, 0.5) is 0 Å². The molecule has 0 saturated carbocycles. The first-order valence-corrected chi connectivity index (χ1v) is 13.0. The summed E-state index contributed by atoms with van der Waals surface area (Å²) in [6.07, 6.45) is 3.56. The fourth-order valence-corrected chi connectivity index (χ4v) is 5.99. The third-order valence-electron chi connectivity index (χ3n) is 4.54. The maximum Gasteiger partial charge on any atom is 0.501 e. The number of thiazole rings is 1. The maximum atomic E-state index is 6.18. The zero-order valence-corrected chi connectivity index (χ0v) is 28.8. The Kier molecular flexibility index (Phi) is 38.0. The van der Waals surface area contributed by atoms with Crippen molar-refractivity contribution in [3.63, 3.8) is 0 Å². The Hall–Kier alpha value is 1.31. The standard InChI is InChI=1S/C14H32O3Si.C7H5NS.6H2S/c1-8-12(5)15-18(11-4,16-13(6)9-2)17-14(7)10-3;1-2-4-7-6(3-1)8-5-9-7;;;;;;/h12-14H,8-11H2,1-7H3;1-5H;6*1H2. The summed E-state index contributed by atoms with van der Waals surface area (Å²) in [5.74, 6) is 0. The van der Waals surface area contributed by atoms with E-state index in [1.165, 1.54) is 4.70 Å². The van der Waals surface area contributed by atoms with E-state index in [0.717, 1.165) is 30.8 Å². The fraction of sp³-hybridized carbons (Fsp3) is 0.667. The smallest absolute Gasteiger partial charge is 0.371 e. The molecule has 3 unspecified atom stereocenters. The van der Waals surface area contributed by atoms with Crippen LogP contribution in [0.15, 0.2) is 29.8 Å². The number of para-hydroxylation sites is 1. The highest BCUT2D eigenvalue weighted by atomic mass is 32.1. The van der Waals surface area contributed by atoms with Crippen LogP contribution < -0.4 is 0 Å². The Bertz CT molecular complexity index is 594. The molecule has 1 aromatic heterocycles. The number of aromatic nitrogens is 1. The van der Waals surface area contributed by atoms with Crippen molar-refractivity contribution in [1.82, 2.24) is 4.98 Å². The number of benzene rings is 1. The molecule has 0 radical (unpaired) electrons. The molecule has 4 nitrogen and oxygen atoms in total. The van der Waals surface area contributed by atoms with E-state index in [2.05, 4.69) is 59.5 Å². The van der Waals surface area contributed by atoms with E-state index in [1.807, 2.05) is 23.7 Å². The third kappa shape index (κ3) is 18.2. The summed E-state index contributed by atoms with van der Waals surface area (Å²) in [6, 6.07) is 8.97. The maximum absolute atomic E-state index is 6.18. The van der Waals surface area contributed by atoms with Crippen LogP contribution in [0.25, 0.3) is 10.2 Å². The van der Waals surface area contributed by atoms with E-state index in [4.69, 9.17) is 13.3 Å². The molecule has 0 bridgehead atoms. The second kappa shape index (κ2) is 26.4. The first kappa shape index (κ1) is 47.5. The van der Waals surface area contributed by atoms with E-state index in [9.17, 15) is 0 Å². The van der Waals surface area contributed by atoms with Crippen LogP contribution in [-0.4, -0.2) is 32.1 Å². The summed E-state index contributed by atoms with van der Waals surface area (Å²) >= 11 is 1.68. The lowest BCUT2D eigenvalue weighted by Gasteiger charge is -2.35. The minimum Gasteiger partial charge on any atom is -0.371 e. The number of nitrogens with zero attached hydrogens (tertiary/aromatic N) is 1. The van der Waals surface area contributed by atoms with Gasteiger partial charge in [-0.3, -0.25) is 0 Å². The van der Waals surface area contributed by atoms with Gasteiger partial charge in [0.1, 0.15) is 0 Å². The molecule has 2 aromatic rings. The highest BCUT2D eigenvalue weighted by Crippen LogP contribution is 2.24. The van der Waals surface area contributed by atoms with Gasteiger partial charge in [-0.2, -0.15) is 81.0 Å². The summed E-state index contributed by atoms with van der Waals surface area (Å²) < 4.78 is 19.8. The van der Waals surface area contributed by atoms with Crippen molar-refractivity contribution >= 4 is 111 Å². The average Bonchev–Trinajstić information content (AvgIpc) is 3.16. The van der Waals surface area contributed by atoms with Gasteiger partial charge in [0.05, 0.1) is 15.7 Å². The number of hydrogen-bond acceptors (Lipinski definition) is 5. The zero-order chi connectivity index (χ0) is 20.3. The lowest BCUT2D eigenvalue weighted by molar-refractivity contribution is -0.00985. The molecular weight excluding hydrogens is 567 g/mol. The van der Waals surface area contributed by atoms with E-state index in [-0.39, 0.29) is 99.3 Å². The molecule has 12 heteroatoms. The summed E-state index contributed by atoms with van der Waals surface area (Å²) in [7, 11) is -2.52. The quantitative estimate of drug-likeness (QED) is 0.262. The monoisotopic (exact) mass is 615 g/mol. The summed E-state index contributed by atoms with van der Waals surface area (Å²) in [5, 5.41) is 0. The fourth-order valence-electron chi connectivity index (χ4n) is 2.31. The van der Waals surface area contributed by atoms with E-state index < -0.39 is 8.80 Å². The molecule has 2 rings (SSSR count). The van der Waals surface area contributed by atoms with Gasteiger partial charge in [-0.15, -0.1) is 11.3 Å². The summed E-state index contributed by atoms with van der Waals surface area (Å²) in [5.41, 5.74) is 2.97. The molecule has 33 heavy (non-hydrogen) atoms. The Morgan fingerprint density at radius 2 is 1.12 bits per heavy atom. The van der Waals surface area contributed by atoms with Gasteiger partial charge in [-0.05, 0) is 52.2 Å². The van der Waals surface area contributed by atoms with Crippen LogP contribution in [0, 0.1) is 0 Å². The number of rotatable bonds is 10. The molecule has 0 aliphatic heterocycles. The molecule has 1 heterocycles. The van der Waals surface area contributed by atoms with Crippen molar-refractivity contribution in [1.29, 1.82) is 0 Å². The summed E-state index contributed by atoms with van der Waals surface area (Å²) in [6.45, 7) is 14.8. The van der Waals surface area contributed by atoms with Gasteiger partial charge in [0, 0.05) is 24.4 Å². The van der Waals surface area contributed by atoms with Gasteiger partial charge in [-0.25, -0.2) is 4.98 Å². The molecule has 3 atom stereocenters. The minimum atomic E-state index is -2.52. The normalized spacial score (nSPS) is 13.8. The lowest BCUT2D eigenvalue weighted by atomic mass is 10.3. The Balaban J connectivity index is -0.000000105. The Labute approximate surface area is 249 Å². The largest absolute Gasteiger partial charge is 0.501 e.